The Bertz CT molecular complexity index is 538. The Morgan fingerprint density at radius 3 is 2.53 bits per heavy atom. The van der Waals surface area contributed by atoms with Gasteiger partial charge >= 0.3 is 0 Å². The molecule has 6 nitrogen and oxygen atoms in total. The monoisotopic (exact) mass is 261 g/mol. The van der Waals surface area contributed by atoms with Crippen molar-refractivity contribution in [3.63, 3.8) is 0 Å². The molecule has 0 amide bonds. The highest BCUT2D eigenvalue weighted by molar-refractivity contribution is 5.47. The summed E-state index contributed by atoms with van der Waals surface area (Å²) < 4.78 is 5.49. The van der Waals surface area contributed by atoms with E-state index in [0.29, 0.717) is 25.5 Å². The van der Waals surface area contributed by atoms with Crippen molar-refractivity contribution in [3.8, 4) is 0 Å². The molecule has 4 N–H and O–H groups in total. The Hall–Kier alpha value is -2.08. The Morgan fingerprint density at radius 2 is 1.89 bits per heavy atom. The van der Waals surface area contributed by atoms with Gasteiger partial charge in [0.25, 0.3) is 0 Å². The van der Waals surface area contributed by atoms with Crippen LogP contribution in [0.4, 0.5) is 11.6 Å². The first-order chi connectivity index (χ1) is 9.17. The summed E-state index contributed by atoms with van der Waals surface area (Å²) in [5.74, 6) is 4.03. The van der Waals surface area contributed by atoms with Crippen molar-refractivity contribution >= 4 is 11.6 Å². The van der Waals surface area contributed by atoms with Crippen molar-refractivity contribution < 1.29 is 4.42 Å². The van der Waals surface area contributed by atoms with Crippen LogP contribution in [0.5, 0.6) is 0 Å². The standard InChI is InChI=1S/C13H19N5O/c1-9-3-4-11(19-9)8-16-13-7-12(15-6-5-14)17-10(2)18-13/h3-4,7H,5-6,8,14H2,1-2H3,(H2,15,16,17,18). The van der Waals surface area contributed by atoms with E-state index in [2.05, 4.69) is 20.6 Å². The van der Waals surface area contributed by atoms with Crippen LogP contribution in [0.25, 0.3) is 0 Å². The van der Waals surface area contributed by atoms with Crippen LogP contribution in [0, 0.1) is 13.8 Å². The van der Waals surface area contributed by atoms with Crippen LogP contribution in [-0.2, 0) is 6.54 Å². The van der Waals surface area contributed by atoms with Gasteiger partial charge in [0.1, 0.15) is 29.0 Å². The highest BCUT2D eigenvalue weighted by Crippen LogP contribution is 2.13. The van der Waals surface area contributed by atoms with Gasteiger partial charge in [0.05, 0.1) is 6.54 Å². The summed E-state index contributed by atoms with van der Waals surface area (Å²) >= 11 is 0. The number of nitrogens with zero attached hydrogens (tertiary/aromatic N) is 2. The molecule has 0 fully saturated rings. The number of furan rings is 1. The van der Waals surface area contributed by atoms with Crippen molar-refractivity contribution in [3.05, 3.63) is 35.5 Å². The SMILES string of the molecule is Cc1nc(NCCN)cc(NCc2ccc(C)o2)n1. The van der Waals surface area contributed by atoms with Gasteiger partial charge in [-0.05, 0) is 26.0 Å². The number of hydrogen-bond donors (Lipinski definition) is 3. The van der Waals surface area contributed by atoms with E-state index in [9.17, 15) is 0 Å². The summed E-state index contributed by atoms with van der Waals surface area (Å²) in [4.78, 5) is 8.62. The van der Waals surface area contributed by atoms with Gasteiger partial charge in [-0.15, -0.1) is 0 Å². The molecule has 0 aliphatic heterocycles. The molecule has 102 valence electrons. The van der Waals surface area contributed by atoms with Crippen LogP contribution in [0.1, 0.15) is 17.3 Å². The van der Waals surface area contributed by atoms with Gasteiger partial charge in [-0.25, -0.2) is 9.97 Å². The predicted octanol–water partition coefficient (Wildman–Crippen LogP) is 1.67. The lowest BCUT2D eigenvalue weighted by Crippen LogP contribution is -2.14. The molecule has 0 radical (unpaired) electrons. The zero-order chi connectivity index (χ0) is 13.7. The van der Waals surface area contributed by atoms with Gasteiger partial charge in [-0.1, -0.05) is 0 Å². The van der Waals surface area contributed by atoms with Gasteiger partial charge in [0.15, 0.2) is 0 Å². The Balaban J connectivity index is 2.01. The molecule has 0 aliphatic rings. The predicted molar refractivity (Wildman–Crippen MR) is 75.1 cm³/mol. The highest BCUT2D eigenvalue weighted by Gasteiger charge is 2.03. The van der Waals surface area contributed by atoms with Gasteiger partial charge in [-0.2, -0.15) is 0 Å². The van der Waals surface area contributed by atoms with Crippen molar-refractivity contribution in [2.45, 2.75) is 20.4 Å². The Morgan fingerprint density at radius 1 is 1.16 bits per heavy atom. The highest BCUT2D eigenvalue weighted by atomic mass is 16.3. The first-order valence-corrected chi connectivity index (χ1v) is 6.26. The summed E-state index contributed by atoms with van der Waals surface area (Å²) in [6.45, 7) is 5.63. The number of nitrogens with two attached hydrogens (primary N) is 1. The lowest BCUT2D eigenvalue weighted by atomic mass is 10.4. The van der Waals surface area contributed by atoms with E-state index < -0.39 is 0 Å². The van der Waals surface area contributed by atoms with E-state index in [1.54, 1.807) is 0 Å². The van der Waals surface area contributed by atoms with Crippen LogP contribution in [-0.4, -0.2) is 23.1 Å². The molecular formula is C13H19N5O. The maximum Gasteiger partial charge on any atom is 0.132 e. The number of aryl methyl sites for hydroxylation is 2. The lowest BCUT2D eigenvalue weighted by molar-refractivity contribution is 0.490. The fourth-order valence-corrected chi connectivity index (χ4v) is 1.71. The summed E-state index contributed by atoms with van der Waals surface area (Å²) in [6, 6.07) is 5.75. The molecular weight excluding hydrogens is 242 g/mol. The third-order valence-corrected chi connectivity index (χ3v) is 2.53. The lowest BCUT2D eigenvalue weighted by Gasteiger charge is -2.08. The normalized spacial score (nSPS) is 10.5. The van der Waals surface area contributed by atoms with Gasteiger partial charge < -0.3 is 20.8 Å². The minimum atomic E-state index is 0.567. The summed E-state index contributed by atoms with van der Waals surface area (Å²) in [5.41, 5.74) is 5.46. The zero-order valence-electron chi connectivity index (χ0n) is 11.2. The first-order valence-electron chi connectivity index (χ1n) is 6.26. The largest absolute Gasteiger partial charge is 0.465 e. The Labute approximate surface area is 112 Å². The fourth-order valence-electron chi connectivity index (χ4n) is 1.71. The quantitative estimate of drug-likeness (QED) is 0.733. The van der Waals surface area contributed by atoms with Crippen molar-refractivity contribution in [2.75, 3.05) is 23.7 Å². The summed E-state index contributed by atoms with van der Waals surface area (Å²) in [5, 5.41) is 6.35. The molecule has 2 aromatic heterocycles. The molecule has 2 heterocycles. The summed E-state index contributed by atoms with van der Waals surface area (Å²) in [6.07, 6.45) is 0. The van der Waals surface area contributed by atoms with Crippen molar-refractivity contribution in [1.29, 1.82) is 0 Å². The Kier molecular flexibility index (Phi) is 4.35. The fraction of sp³-hybridized carbons (Fsp3) is 0.385. The molecule has 2 aromatic rings. The maximum absolute atomic E-state index is 5.49. The minimum Gasteiger partial charge on any atom is -0.465 e. The number of aromatic nitrogens is 2. The first kappa shape index (κ1) is 13.4. The molecule has 0 saturated heterocycles. The van der Waals surface area contributed by atoms with E-state index in [-0.39, 0.29) is 0 Å². The van der Waals surface area contributed by atoms with Crippen LogP contribution in [0.3, 0.4) is 0 Å². The van der Waals surface area contributed by atoms with E-state index in [1.807, 2.05) is 32.0 Å². The summed E-state index contributed by atoms with van der Waals surface area (Å²) in [7, 11) is 0. The zero-order valence-corrected chi connectivity index (χ0v) is 11.2. The molecule has 0 spiro atoms. The third-order valence-electron chi connectivity index (χ3n) is 2.53. The molecule has 2 rings (SSSR count). The van der Waals surface area contributed by atoms with Crippen LogP contribution < -0.4 is 16.4 Å². The number of nitrogens with one attached hydrogen (secondary N) is 2. The molecule has 6 heteroatoms. The topological polar surface area (TPSA) is 89.0 Å². The van der Waals surface area contributed by atoms with Crippen LogP contribution in [0.15, 0.2) is 22.6 Å². The van der Waals surface area contributed by atoms with Crippen LogP contribution >= 0.6 is 0 Å². The second-order valence-electron chi connectivity index (χ2n) is 4.27. The molecule has 0 atom stereocenters. The van der Waals surface area contributed by atoms with Gasteiger partial charge in [-0.3, -0.25) is 0 Å². The number of rotatable bonds is 6. The molecule has 0 aromatic carbocycles. The maximum atomic E-state index is 5.49. The van der Waals surface area contributed by atoms with Crippen molar-refractivity contribution in [1.82, 2.24) is 9.97 Å². The van der Waals surface area contributed by atoms with Gasteiger partial charge in [0, 0.05) is 19.2 Å². The van der Waals surface area contributed by atoms with Crippen molar-refractivity contribution in [2.24, 2.45) is 5.73 Å². The molecule has 0 bridgehead atoms. The average molecular weight is 261 g/mol. The van der Waals surface area contributed by atoms with E-state index in [0.717, 1.165) is 23.2 Å². The molecule has 0 unspecified atom stereocenters. The van der Waals surface area contributed by atoms with Crippen LogP contribution in [0.2, 0.25) is 0 Å². The van der Waals surface area contributed by atoms with E-state index in [4.69, 9.17) is 10.2 Å². The average Bonchev–Trinajstić information content (AvgIpc) is 2.79. The number of hydrogen-bond acceptors (Lipinski definition) is 6. The van der Waals surface area contributed by atoms with E-state index >= 15 is 0 Å². The van der Waals surface area contributed by atoms with Gasteiger partial charge in [0.2, 0.25) is 0 Å². The third kappa shape index (κ3) is 3.96. The second-order valence-corrected chi connectivity index (χ2v) is 4.27. The smallest absolute Gasteiger partial charge is 0.132 e. The molecule has 19 heavy (non-hydrogen) atoms. The molecule has 0 saturated carbocycles. The minimum absolute atomic E-state index is 0.567. The van der Waals surface area contributed by atoms with E-state index in [1.165, 1.54) is 0 Å². The molecule has 0 aliphatic carbocycles. The second kappa shape index (κ2) is 6.19. The number of anilines is 2.